The van der Waals surface area contributed by atoms with Crippen LogP contribution in [-0.2, 0) is 4.79 Å². The summed E-state index contributed by atoms with van der Waals surface area (Å²) in [7, 11) is 1.58. The Hall–Kier alpha value is -4.34. The molecule has 5 heterocycles. The van der Waals surface area contributed by atoms with Crippen molar-refractivity contribution in [1.29, 1.82) is 0 Å². The normalized spacial score (nSPS) is 19.2. The molecule has 2 fully saturated rings. The van der Waals surface area contributed by atoms with Crippen LogP contribution in [0.1, 0.15) is 44.9 Å². The molecular formula is C27H27N5O5. The number of carbonyl (C=O) groups is 3. The molecule has 1 atom stereocenters. The van der Waals surface area contributed by atoms with Gasteiger partial charge in [-0.3, -0.25) is 14.4 Å². The second kappa shape index (κ2) is 8.36. The lowest BCUT2D eigenvalue weighted by molar-refractivity contribution is -0.119. The van der Waals surface area contributed by atoms with Crippen LogP contribution in [0.2, 0.25) is 0 Å². The molecule has 3 amide bonds. The lowest BCUT2D eigenvalue weighted by Crippen LogP contribution is -2.33. The Morgan fingerprint density at radius 1 is 1.24 bits per heavy atom. The van der Waals surface area contributed by atoms with Gasteiger partial charge in [0.2, 0.25) is 5.91 Å². The van der Waals surface area contributed by atoms with Gasteiger partial charge in [-0.1, -0.05) is 0 Å². The first-order valence-corrected chi connectivity index (χ1v) is 12.2. The Morgan fingerprint density at radius 3 is 2.84 bits per heavy atom. The van der Waals surface area contributed by atoms with Crippen LogP contribution in [0.25, 0.3) is 16.5 Å². The number of aromatic nitrogens is 2. The number of hydrogen-bond acceptors (Lipinski definition) is 6. The van der Waals surface area contributed by atoms with Crippen molar-refractivity contribution < 1.29 is 23.5 Å². The topological polar surface area (TPSA) is 118 Å². The molecule has 0 bridgehead atoms. The molecular weight excluding hydrogens is 474 g/mol. The predicted molar refractivity (Wildman–Crippen MR) is 135 cm³/mol. The zero-order valence-electron chi connectivity index (χ0n) is 20.9. The lowest BCUT2D eigenvalue weighted by atomic mass is 9.86. The van der Waals surface area contributed by atoms with Crippen molar-refractivity contribution in [2.24, 2.45) is 5.41 Å². The third-order valence-electron chi connectivity index (χ3n) is 7.56. The van der Waals surface area contributed by atoms with Crippen molar-refractivity contribution >= 4 is 34.2 Å². The minimum absolute atomic E-state index is 0.0545. The number of benzene rings is 1. The zero-order valence-corrected chi connectivity index (χ0v) is 20.9. The molecule has 2 saturated heterocycles. The molecule has 37 heavy (non-hydrogen) atoms. The van der Waals surface area contributed by atoms with Crippen LogP contribution < -0.4 is 15.4 Å². The summed E-state index contributed by atoms with van der Waals surface area (Å²) in [6.07, 6.45) is 4.64. The number of hydrogen-bond donors (Lipinski definition) is 2. The van der Waals surface area contributed by atoms with E-state index in [1.807, 2.05) is 11.8 Å². The molecule has 2 aliphatic rings. The highest BCUT2D eigenvalue weighted by atomic mass is 16.5. The average molecular weight is 502 g/mol. The van der Waals surface area contributed by atoms with Gasteiger partial charge in [0.05, 0.1) is 17.3 Å². The number of nitrogens with one attached hydrogen (secondary N) is 2. The highest BCUT2D eigenvalue weighted by molar-refractivity contribution is 6.07. The molecule has 0 saturated carbocycles. The van der Waals surface area contributed by atoms with E-state index < -0.39 is 0 Å². The number of amides is 3. The lowest BCUT2D eigenvalue weighted by Gasteiger charge is -2.21. The monoisotopic (exact) mass is 501 g/mol. The Bertz CT molecular complexity index is 1600. The number of aryl methyl sites for hydroxylation is 2. The number of furan rings is 1. The van der Waals surface area contributed by atoms with Crippen LogP contribution in [-0.4, -0.2) is 58.9 Å². The van der Waals surface area contributed by atoms with Crippen LogP contribution >= 0.6 is 0 Å². The number of fused-ring (bicyclic) bond motifs is 2. The van der Waals surface area contributed by atoms with E-state index >= 15 is 0 Å². The third-order valence-corrected chi connectivity index (χ3v) is 7.56. The maximum absolute atomic E-state index is 13.5. The van der Waals surface area contributed by atoms with E-state index in [1.54, 1.807) is 55.1 Å². The SMILES string of the molecule is CNC(=O)c1c(C)oc2cc(Oc3ccnn4cc(C(=O)N5CC[C@]6(CNC(=O)C6)C5)c(C)c34)ccc12. The summed E-state index contributed by atoms with van der Waals surface area (Å²) >= 11 is 0. The standard InChI is InChI=1S/C27H27N5O5/c1-15-19(26(35)31-9-7-27(14-31)11-22(33)29-13-27)12-32-24(15)20(6-8-30-32)37-17-4-5-18-21(10-17)36-16(2)23(18)25(34)28-3/h4-6,8,10,12H,7,9,11,13-14H2,1-3H3,(H,28,34)(H,29,33)/t27-/m0/s1. The average Bonchev–Trinajstić information content (AvgIpc) is 3.63. The molecule has 1 spiro atoms. The molecule has 0 radical (unpaired) electrons. The van der Waals surface area contributed by atoms with Gasteiger partial charge in [0, 0.05) is 62.2 Å². The molecule has 10 heteroatoms. The van der Waals surface area contributed by atoms with Crippen molar-refractivity contribution in [2.45, 2.75) is 26.7 Å². The van der Waals surface area contributed by atoms with Gasteiger partial charge in [0.15, 0.2) is 5.75 Å². The minimum Gasteiger partial charge on any atom is -0.460 e. The van der Waals surface area contributed by atoms with Crippen LogP contribution in [0, 0.1) is 19.3 Å². The predicted octanol–water partition coefficient (Wildman–Crippen LogP) is 3.20. The summed E-state index contributed by atoms with van der Waals surface area (Å²) in [5, 5.41) is 10.6. The molecule has 190 valence electrons. The number of likely N-dealkylation sites (tertiary alicyclic amines) is 1. The fourth-order valence-corrected chi connectivity index (χ4v) is 5.64. The summed E-state index contributed by atoms with van der Waals surface area (Å²) in [6.45, 7) is 5.45. The van der Waals surface area contributed by atoms with Gasteiger partial charge >= 0.3 is 0 Å². The van der Waals surface area contributed by atoms with Gasteiger partial charge < -0.3 is 24.7 Å². The summed E-state index contributed by atoms with van der Waals surface area (Å²) < 4.78 is 13.7. The number of nitrogens with zero attached hydrogens (tertiary/aromatic N) is 3. The first-order valence-electron chi connectivity index (χ1n) is 12.2. The molecule has 0 aliphatic carbocycles. The Balaban J connectivity index is 1.30. The fourth-order valence-electron chi connectivity index (χ4n) is 5.64. The summed E-state index contributed by atoms with van der Waals surface area (Å²) in [5.74, 6) is 1.39. The van der Waals surface area contributed by atoms with E-state index in [2.05, 4.69) is 15.7 Å². The molecule has 3 aromatic heterocycles. The summed E-state index contributed by atoms with van der Waals surface area (Å²) in [6, 6.07) is 7.09. The van der Waals surface area contributed by atoms with E-state index in [-0.39, 0.29) is 23.1 Å². The largest absolute Gasteiger partial charge is 0.460 e. The highest BCUT2D eigenvalue weighted by Gasteiger charge is 2.45. The number of carbonyl (C=O) groups excluding carboxylic acids is 3. The minimum atomic E-state index is -0.207. The first-order chi connectivity index (χ1) is 17.8. The quantitative estimate of drug-likeness (QED) is 0.443. The third kappa shape index (κ3) is 3.71. The number of rotatable bonds is 4. The fraction of sp³-hybridized carbons (Fsp3) is 0.333. The van der Waals surface area contributed by atoms with Crippen LogP contribution in [0.4, 0.5) is 0 Å². The van der Waals surface area contributed by atoms with Gasteiger partial charge in [0.1, 0.15) is 22.6 Å². The van der Waals surface area contributed by atoms with E-state index in [9.17, 15) is 14.4 Å². The van der Waals surface area contributed by atoms with Crippen molar-refractivity contribution in [3.05, 3.63) is 59.1 Å². The summed E-state index contributed by atoms with van der Waals surface area (Å²) in [5.41, 5.74) is 2.91. The molecule has 2 N–H and O–H groups in total. The Kier molecular flexibility index (Phi) is 5.22. The number of ether oxygens (including phenoxy) is 1. The van der Waals surface area contributed by atoms with Crippen LogP contribution in [0.15, 0.2) is 41.1 Å². The first kappa shape index (κ1) is 23.1. The summed E-state index contributed by atoms with van der Waals surface area (Å²) in [4.78, 5) is 39.3. The second-order valence-electron chi connectivity index (χ2n) is 9.96. The zero-order chi connectivity index (χ0) is 25.9. The highest BCUT2D eigenvalue weighted by Crippen LogP contribution is 2.38. The smallest absolute Gasteiger partial charge is 0.255 e. The molecule has 1 aromatic carbocycles. The molecule has 6 rings (SSSR count). The maximum Gasteiger partial charge on any atom is 0.255 e. The van der Waals surface area contributed by atoms with Crippen molar-refractivity contribution in [1.82, 2.24) is 25.1 Å². The van der Waals surface area contributed by atoms with Crippen molar-refractivity contribution in [2.75, 3.05) is 26.7 Å². The Morgan fingerprint density at radius 2 is 2.08 bits per heavy atom. The van der Waals surface area contributed by atoms with E-state index in [1.165, 1.54) is 0 Å². The van der Waals surface area contributed by atoms with Gasteiger partial charge in [-0.15, -0.1) is 0 Å². The second-order valence-corrected chi connectivity index (χ2v) is 9.96. The van der Waals surface area contributed by atoms with Gasteiger partial charge in [0.25, 0.3) is 11.8 Å². The van der Waals surface area contributed by atoms with Gasteiger partial charge in [-0.05, 0) is 38.0 Å². The van der Waals surface area contributed by atoms with E-state index in [4.69, 9.17) is 9.15 Å². The van der Waals surface area contributed by atoms with Crippen molar-refractivity contribution in [3.8, 4) is 11.5 Å². The Labute approximate surface area is 212 Å². The van der Waals surface area contributed by atoms with E-state index in [0.717, 1.165) is 12.0 Å². The molecule has 4 aromatic rings. The molecule has 2 aliphatic heterocycles. The molecule has 10 nitrogen and oxygen atoms in total. The van der Waals surface area contributed by atoms with Gasteiger partial charge in [-0.2, -0.15) is 5.10 Å². The van der Waals surface area contributed by atoms with E-state index in [0.29, 0.717) is 70.9 Å². The maximum atomic E-state index is 13.5. The van der Waals surface area contributed by atoms with Gasteiger partial charge in [-0.25, -0.2) is 4.52 Å². The van der Waals surface area contributed by atoms with Crippen molar-refractivity contribution in [3.63, 3.8) is 0 Å². The van der Waals surface area contributed by atoms with Crippen LogP contribution in [0.5, 0.6) is 11.5 Å². The molecule has 0 unspecified atom stereocenters. The van der Waals surface area contributed by atoms with Crippen LogP contribution in [0.3, 0.4) is 0 Å².